The molecule has 130 valence electrons. The maximum Gasteiger partial charge on any atom is 0.187 e. The molecule has 7 N–H and O–H groups in total. The summed E-state index contributed by atoms with van der Waals surface area (Å²) in [4.78, 5) is 0. The molecule has 4 unspecified atom stereocenters. The summed E-state index contributed by atoms with van der Waals surface area (Å²) in [5.41, 5.74) is 0. The van der Waals surface area contributed by atoms with E-state index in [2.05, 4.69) is 0 Å². The van der Waals surface area contributed by atoms with Gasteiger partial charge in [-0.25, -0.2) is 0 Å². The van der Waals surface area contributed by atoms with Gasteiger partial charge in [-0.15, -0.1) is 0 Å². The van der Waals surface area contributed by atoms with Gasteiger partial charge in [0.05, 0.1) is 12.7 Å². The highest BCUT2D eigenvalue weighted by Crippen LogP contribution is 2.28. The van der Waals surface area contributed by atoms with Crippen molar-refractivity contribution in [2.45, 2.75) is 68.3 Å². The molecular formula is C12H22O10. The van der Waals surface area contributed by atoms with Gasteiger partial charge >= 0.3 is 0 Å². The van der Waals surface area contributed by atoms with Crippen molar-refractivity contribution in [3.63, 3.8) is 0 Å². The van der Waals surface area contributed by atoms with Crippen molar-refractivity contribution in [1.82, 2.24) is 0 Å². The summed E-state index contributed by atoms with van der Waals surface area (Å²) in [5, 5.41) is 67.6. The van der Waals surface area contributed by atoms with E-state index in [1.54, 1.807) is 0 Å². The van der Waals surface area contributed by atoms with E-state index in [1.165, 1.54) is 6.92 Å². The smallest absolute Gasteiger partial charge is 0.187 e. The first-order valence-corrected chi connectivity index (χ1v) is 6.93. The monoisotopic (exact) mass is 326 g/mol. The van der Waals surface area contributed by atoms with Crippen LogP contribution in [0.2, 0.25) is 0 Å². The first-order valence-electron chi connectivity index (χ1n) is 6.93. The molecular weight excluding hydrogens is 304 g/mol. The third kappa shape index (κ3) is 3.26. The predicted octanol–water partition coefficient (Wildman–Crippen LogP) is -4.37. The van der Waals surface area contributed by atoms with Crippen LogP contribution in [-0.2, 0) is 14.2 Å². The molecule has 2 fully saturated rings. The van der Waals surface area contributed by atoms with Crippen molar-refractivity contribution in [2.24, 2.45) is 0 Å². The van der Waals surface area contributed by atoms with Crippen molar-refractivity contribution in [3.05, 3.63) is 0 Å². The lowest BCUT2D eigenvalue weighted by Gasteiger charge is -2.44. The molecule has 0 spiro atoms. The van der Waals surface area contributed by atoms with Crippen molar-refractivity contribution >= 4 is 0 Å². The van der Waals surface area contributed by atoms with E-state index in [9.17, 15) is 30.6 Å². The van der Waals surface area contributed by atoms with Gasteiger partial charge < -0.3 is 50.0 Å². The minimum absolute atomic E-state index is 0.636. The third-order valence-corrected chi connectivity index (χ3v) is 3.94. The predicted molar refractivity (Wildman–Crippen MR) is 67.2 cm³/mol. The van der Waals surface area contributed by atoms with Crippen LogP contribution in [-0.4, -0.2) is 104 Å². The molecule has 0 aromatic rings. The van der Waals surface area contributed by atoms with Crippen LogP contribution in [0.1, 0.15) is 6.92 Å². The highest BCUT2D eigenvalue weighted by atomic mass is 16.7. The molecule has 0 saturated carbocycles. The molecule has 0 bridgehead atoms. The molecule has 0 amide bonds. The Morgan fingerprint density at radius 3 is 2.05 bits per heavy atom. The van der Waals surface area contributed by atoms with E-state index in [0.717, 1.165) is 0 Å². The Hall–Kier alpha value is -0.400. The lowest BCUT2D eigenvalue weighted by Crippen LogP contribution is -2.63. The second-order valence-corrected chi connectivity index (χ2v) is 5.51. The molecule has 2 saturated heterocycles. The molecule has 10 atom stereocenters. The van der Waals surface area contributed by atoms with E-state index < -0.39 is 68.0 Å². The standard InChI is InChI=1S/C12H22O10/c1-3-5(14)10(9(18)11(19)20-3)22-12-8(17)7(16)6(15)4(2-13)21-12/h3-19H,2H2,1H3/t3?,4-,5-,6+,7?,8?,9-,10?,11+,12+/m0/s1. The zero-order valence-electron chi connectivity index (χ0n) is 11.8. The summed E-state index contributed by atoms with van der Waals surface area (Å²) in [6.45, 7) is 0.812. The highest BCUT2D eigenvalue weighted by Gasteiger charge is 2.49. The second-order valence-electron chi connectivity index (χ2n) is 5.51. The number of aliphatic hydroxyl groups is 7. The zero-order chi connectivity index (χ0) is 16.6. The molecule has 22 heavy (non-hydrogen) atoms. The van der Waals surface area contributed by atoms with Crippen LogP contribution in [0.3, 0.4) is 0 Å². The number of aliphatic hydroxyl groups excluding tert-OH is 7. The lowest BCUT2D eigenvalue weighted by atomic mass is 9.97. The summed E-state index contributed by atoms with van der Waals surface area (Å²) in [5.74, 6) is 0. The average Bonchev–Trinajstić information content (AvgIpc) is 2.49. The van der Waals surface area contributed by atoms with Gasteiger partial charge in [0, 0.05) is 0 Å². The van der Waals surface area contributed by atoms with Crippen LogP contribution in [0, 0.1) is 0 Å². The first kappa shape index (κ1) is 17.9. The maximum atomic E-state index is 9.96. The molecule has 10 nitrogen and oxygen atoms in total. The van der Waals surface area contributed by atoms with E-state index in [4.69, 9.17) is 19.3 Å². The Morgan fingerprint density at radius 1 is 0.818 bits per heavy atom. The van der Waals surface area contributed by atoms with Gasteiger partial charge in [0.1, 0.15) is 42.7 Å². The SMILES string of the molecule is CC1O[C@@H](O)[C@@H](O)C(O[C@H]2O[C@@H](CO)[C@@H](O)C(O)C2O)[C@H]1O. The van der Waals surface area contributed by atoms with Crippen LogP contribution in [0.15, 0.2) is 0 Å². The fourth-order valence-electron chi connectivity index (χ4n) is 2.51. The zero-order valence-corrected chi connectivity index (χ0v) is 11.8. The van der Waals surface area contributed by atoms with Gasteiger partial charge in [-0.2, -0.15) is 0 Å². The summed E-state index contributed by atoms with van der Waals surface area (Å²) in [7, 11) is 0. The minimum Gasteiger partial charge on any atom is -0.394 e. The largest absolute Gasteiger partial charge is 0.394 e. The second kappa shape index (κ2) is 7.01. The van der Waals surface area contributed by atoms with Crippen LogP contribution < -0.4 is 0 Å². The molecule has 2 aliphatic rings. The Labute approximate surface area is 126 Å². The fourth-order valence-corrected chi connectivity index (χ4v) is 2.51. The molecule has 0 radical (unpaired) electrons. The molecule has 2 heterocycles. The first-order chi connectivity index (χ1) is 10.3. The Balaban J connectivity index is 2.10. The molecule has 0 aliphatic carbocycles. The van der Waals surface area contributed by atoms with Gasteiger partial charge in [0.2, 0.25) is 0 Å². The quantitative estimate of drug-likeness (QED) is 0.269. The summed E-state index contributed by atoms with van der Waals surface area (Å²) < 4.78 is 15.3. The van der Waals surface area contributed by atoms with Crippen LogP contribution in [0.25, 0.3) is 0 Å². The molecule has 10 heteroatoms. The van der Waals surface area contributed by atoms with Gasteiger partial charge in [-0.05, 0) is 6.92 Å². The molecule has 0 aromatic carbocycles. The topological polar surface area (TPSA) is 169 Å². The van der Waals surface area contributed by atoms with Crippen molar-refractivity contribution < 1.29 is 50.0 Å². The Morgan fingerprint density at radius 2 is 1.45 bits per heavy atom. The van der Waals surface area contributed by atoms with Crippen molar-refractivity contribution in [1.29, 1.82) is 0 Å². The van der Waals surface area contributed by atoms with Gasteiger partial charge in [0.25, 0.3) is 0 Å². The summed E-state index contributed by atoms with van der Waals surface area (Å²) >= 11 is 0. The van der Waals surface area contributed by atoms with Crippen LogP contribution in [0.4, 0.5) is 0 Å². The molecule has 0 aromatic heterocycles. The van der Waals surface area contributed by atoms with Crippen LogP contribution in [0.5, 0.6) is 0 Å². The lowest BCUT2D eigenvalue weighted by molar-refractivity contribution is -0.353. The summed E-state index contributed by atoms with van der Waals surface area (Å²) in [6.07, 6.45) is -14.3. The highest BCUT2D eigenvalue weighted by molar-refractivity contribution is 4.92. The number of hydrogen-bond acceptors (Lipinski definition) is 10. The van der Waals surface area contributed by atoms with E-state index >= 15 is 0 Å². The fraction of sp³-hybridized carbons (Fsp3) is 1.00. The van der Waals surface area contributed by atoms with Crippen molar-refractivity contribution in [3.8, 4) is 0 Å². The Kier molecular flexibility index (Phi) is 5.72. The maximum absolute atomic E-state index is 9.96. The van der Waals surface area contributed by atoms with Crippen molar-refractivity contribution in [2.75, 3.05) is 6.61 Å². The average molecular weight is 326 g/mol. The number of ether oxygens (including phenoxy) is 3. The molecule has 2 rings (SSSR count). The third-order valence-electron chi connectivity index (χ3n) is 3.94. The Bertz CT molecular complexity index is 352. The van der Waals surface area contributed by atoms with Gasteiger partial charge in [-0.1, -0.05) is 0 Å². The van der Waals surface area contributed by atoms with E-state index in [0.29, 0.717) is 0 Å². The molecule has 2 aliphatic heterocycles. The minimum atomic E-state index is -1.67. The normalized spacial score (nSPS) is 53.5. The van der Waals surface area contributed by atoms with E-state index in [1.807, 2.05) is 0 Å². The number of rotatable bonds is 3. The summed E-state index contributed by atoms with van der Waals surface area (Å²) in [6, 6.07) is 0. The van der Waals surface area contributed by atoms with Gasteiger partial charge in [0.15, 0.2) is 12.6 Å². The van der Waals surface area contributed by atoms with Gasteiger partial charge in [-0.3, -0.25) is 0 Å². The van der Waals surface area contributed by atoms with Crippen LogP contribution >= 0.6 is 0 Å². The number of hydrogen-bond donors (Lipinski definition) is 7. The van der Waals surface area contributed by atoms with E-state index in [-0.39, 0.29) is 0 Å².